The average molecular weight is 263 g/mol. The van der Waals surface area contributed by atoms with Gasteiger partial charge in [-0.2, -0.15) is 0 Å². The van der Waals surface area contributed by atoms with Gasteiger partial charge in [0.2, 0.25) is 0 Å². The number of hydrogen-bond acceptors (Lipinski definition) is 5. The van der Waals surface area contributed by atoms with E-state index in [-0.39, 0.29) is 12.4 Å². The van der Waals surface area contributed by atoms with Crippen LogP contribution in [0.25, 0.3) is 11.3 Å². The lowest BCUT2D eigenvalue weighted by Gasteiger charge is -2.07. The normalized spacial score (nSPS) is 12.9. The number of carbonyl (C=O) groups excluding carboxylic acids is 1. The van der Waals surface area contributed by atoms with Gasteiger partial charge in [0.1, 0.15) is 10.8 Å². The minimum absolute atomic E-state index is 0.212. The molecule has 0 saturated heterocycles. The zero-order valence-electron chi connectivity index (χ0n) is 10.1. The fourth-order valence-corrected chi connectivity index (χ4v) is 3.23. The van der Waals surface area contributed by atoms with E-state index in [1.807, 2.05) is 13.0 Å². The van der Waals surface area contributed by atoms with Gasteiger partial charge < -0.3 is 9.15 Å². The van der Waals surface area contributed by atoms with Crippen molar-refractivity contribution in [2.24, 2.45) is 0 Å². The lowest BCUT2D eigenvalue weighted by atomic mass is 10.0. The van der Waals surface area contributed by atoms with Gasteiger partial charge in [0, 0.05) is 16.9 Å². The van der Waals surface area contributed by atoms with Gasteiger partial charge >= 0.3 is 5.97 Å². The predicted molar refractivity (Wildman–Crippen MR) is 67.6 cm³/mol. The van der Waals surface area contributed by atoms with Crippen molar-refractivity contribution in [3.05, 3.63) is 28.0 Å². The molecule has 0 spiro atoms. The Kier molecular flexibility index (Phi) is 2.91. The quantitative estimate of drug-likeness (QED) is 0.799. The zero-order valence-corrected chi connectivity index (χ0v) is 10.9. The van der Waals surface area contributed by atoms with Crippen LogP contribution in [0.3, 0.4) is 0 Å². The summed E-state index contributed by atoms with van der Waals surface area (Å²) in [5, 5.41) is 0.826. The second-order valence-corrected chi connectivity index (χ2v) is 5.29. The van der Waals surface area contributed by atoms with E-state index < -0.39 is 0 Å². The Hall–Kier alpha value is -1.62. The maximum Gasteiger partial charge on any atom is 0.312 e. The summed E-state index contributed by atoms with van der Waals surface area (Å²) in [7, 11) is 0. The first kappa shape index (κ1) is 11.5. The topological polar surface area (TPSA) is 52.3 Å². The number of hydrogen-bond donors (Lipinski definition) is 0. The molecule has 4 nitrogen and oxygen atoms in total. The SMILES string of the molecule is CCOC(=O)Cc1nc2c(s1)CCc1occc1-2. The molecule has 0 bridgehead atoms. The highest BCUT2D eigenvalue weighted by Crippen LogP contribution is 2.36. The minimum atomic E-state index is -0.212. The first-order valence-electron chi connectivity index (χ1n) is 5.99. The Morgan fingerprint density at radius 3 is 3.28 bits per heavy atom. The summed E-state index contributed by atoms with van der Waals surface area (Å²) in [5.41, 5.74) is 2.05. The van der Waals surface area contributed by atoms with Gasteiger partial charge in [0.25, 0.3) is 0 Å². The molecule has 94 valence electrons. The van der Waals surface area contributed by atoms with Gasteiger partial charge in [-0.3, -0.25) is 4.79 Å². The molecule has 0 atom stereocenters. The van der Waals surface area contributed by atoms with Crippen molar-refractivity contribution in [3.8, 4) is 11.3 Å². The number of aromatic nitrogens is 1. The third-order valence-corrected chi connectivity index (χ3v) is 4.04. The minimum Gasteiger partial charge on any atom is -0.469 e. The van der Waals surface area contributed by atoms with Crippen LogP contribution in [-0.4, -0.2) is 17.6 Å². The molecule has 0 aliphatic heterocycles. The van der Waals surface area contributed by atoms with E-state index in [1.54, 1.807) is 17.6 Å². The maximum atomic E-state index is 11.4. The van der Waals surface area contributed by atoms with Gasteiger partial charge in [-0.1, -0.05) is 0 Å². The summed E-state index contributed by atoms with van der Waals surface area (Å²) in [4.78, 5) is 17.2. The summed E-state index contributed by atoms with van der Waals surface area (Å²) >= 11 is 1.60. The van der Waals surface area contributed by atoms with Crippen molar-refractivity contribution in [2.75, 3.05) is 6.61 Å². The number of esters is 1. The monoisotopic (exact) mass is 263 g/mol. The van der Waals surface area contributed by atoms with Crippen LogP contribution in [0, 0.1) is 0 Å². The first-order chi connectivity index (χ1) is 8.78. The third kappa shape index (κ3) is 1.95. The summed E-state index contributed by atoms with van der Waals surface area (Å²) in [6.07, 6.45) is 3.82. The Bertz CT molecular complexity index is 585. The number of carbonyl (C=O) groups is 1. The molecule has 0 unspecified atom stereocenters. The molecule has 1 aliphatic rings. The third-order valence-electron chi connectivity index (χ3n) is 2.92. The van der Waals surface area contributed by atoms with E-state index in [9.17, 15) is 4.79 Å². The fourth-order valence-electron chi connectivity index (χ4n) is 2.16. The van der Waals surface area contributed by atoms with E-state index >= 15 is 0 Å². The molecule has 0 N–H and O–H groups in total. The van der Waals surface area contributed by atoms with Crippen LogP contribution in [0.1, 0.15) is 22.6 Å². The van der Waals surface area contributed by atoms with E-state index in [0.717, 1.165) is 34.9 Å². The molecule has 2 aromatic heterocycles. The summed E-state index contributed by atoms with van der Waals surface area (Å²) in [5.74, 6) is 0.784. The highest BCUT2D eigenvalue weighted by atomic mass is 32.1. The van der Waals surface area contributed by atoms with E-state index in [4.69, 9.17) is 9.15 Å². The Balaban J connectivity index is 1.87. The van der Waals surface area contributed by atoms with Crippen LogP contribution >= 0.6 is 11.3 Å². The van der Waals surface area contributed by atoms with Gasteiger partial charge in [-0.15, -0.1) is 11.3 Å². The number of fused-ring (bicyclic) bond motifs is 3. The first-order valence-corrected chi connectivity index (χ1v) is 6.80. The molecule has 0 aromatic carbocycles. The highest BCUT2D eigenvalue weighted by Gasteiger charge is 2.23. The number of furan rings is 1. The van der Waals surface area contributed by atoms with Crippen molar-refractivity contribution in [1.82, 2.24) is 4.98 Å². The maximum absolute atomic E-state index is 11.4. The van der Waals surface area contributed by atoms with Crippen molar-refractivity contribution in [2.45, 2.75) is 26.2 Å². The van der Waals surface area contributed by atoms with Gasteiger partial charge in [-0.05, 0) is 19.4 Å². The second kappa shape index (κ2) is 4.57. The Morgan fingerprint density at radius 2 is 2.44 bits per heavy atom. The van der Waals surface area contributed by atoms with Crippen LogP contribution in [0.4, 0.5) is 0 Å². The molecular formula is C13H13NO3S. The molecule has 2 aromatic rings. The van der Waals surface area contributed by atoms with E-state index in [2.05, 4.69) is 4.98 Å². The molecule has 0 fully saturated rings. The molecule has 1 aliphatic carbocycles. The molecule has 3 rings (SSSR count). The Morgan fingerprint density at radius 1 is 1.56 bits per heavy atom. The molecule has 2 heterocycles. The van der Waals surface area contributed by atoms with Crippen LogP contribution in [0.2, 0.25) is 0 Å². The smallest absolute Gasteiger partial charge is 0.312 e. The van der Waals surface area contributed by atoms with Crippen molar-refractivity contribution >= 4 is 17.3 Å². The molecule has 0 amide bonds. The second-order valence-electron chi connectivity index (χ2n) is 4.12. The standard InChI is InChI=1S/C13H13NO3S/c1-2-16-12(15)7-11-14-13-8-5-6-17-9(8)3-4-10(13)18-11/h5-6H,2-4,7H2,1H3. The van der Waals surface area contributed by atoms with Crippen molar-refractivity contribution < 1.29 is 13.9 Å². The average Bonchev–Trinajstić information content (AvgIpc) is 2.92. The lowest BCUT2D eigenvalue weighted by Crippen LogP contribution is -2.07. The molecule has 0 radical (unpaired) electrons. The van der Waals surface area contributed by atoms with E-state index in [1.165, 1.54) is 4.88 Å². The molecular weight excluding hydrogens is 250 g/mol. The molecule has 0 saturated carbocycles. The van der Waals surface area contributed by atoms with Crippen molar-refractivity contribution in [1.29, 1.82) is 0 Å². The number of nitrogens with zero attached hydrogens (tertiary/aromatic N) is 1. The number of thiazole rings is 1. The van der Waals surface area contributed by atoms with Gasteiger partial charge in [0.05, 0.1) is 25.0 Å². The number of ether oxygens (including phenoxy) is 1. The zero-order chi connectivity index (χ0) is 12.5. The van der Waals surface area contributed by atoms with Crippen LogP contribution in [0.5, 0.6) is 0 Å². The number of rotatable bonds is 3. The van der Waals surface area contributed by atoms with Crippen LogP contribution in [0.15, 0.2) is 16.7 Å². The summed E-state index contributed by atoms with van der Waals surface area (Å²) in [6.45, 7) is 2.22. The summed E-state index contributed by atoms with van der Waals surface area (Å²) in [6, 6.07) is 1.95. The highest BCUT2D eigenvalue weighted by molar-refractivity contribution is 7.12. The van der Waals surface area contributed by atoms with E-state index in [0.29, 0.717) is 6.61 Å². The fraction of sp³-hybridized carbons (Fsp3) is 0.385. The largest absolute Gasteiger partial charge is 0.469 e. The van der Waals surface area contributed by atoms with Crippen LogP contribution in [-0.2, 0) is 28.8 Å². The summed E-state index contributed by atoms with van der Waals surface area (Å²) < 4.78 is 10.4. The predicted octanol–water partition coefficient (Wildman–Crippen LogP) is 2.61. The van der Waals surface area contributed by atoms with Gasteiger partial charge in [0.15, 0.2) is 0 Å². The molecule has 18 heavy (non-hydrogen) atoms. The lowest BCUT2D eigenvalue weighted by molar-refractivity contribution is -0.142. The van der Waals surface area contributed by atoms with Crippen LogP contribution < -0.4 is 0 Å². The number of aryl methyl sites for hydroxylation is 2. The van der Waals surface area contributed by atoms with Gasteiger partial charge in [-0.25, -0.2) is 4.98 Å². The Labute approximate surface area is 109 Å². The molecule has 5 heteroatoms. The van der Waals surface area contributed by atoms with Crippen molar-refractivity contribution in [3.63, 3.8) is 0 Å².